The molecule has 0 radical (unpaired) electrons. The van der Waals surface area contributed by atoms with Gasteiger partial charge in [0.2, 0.25) is 0 Å². The lowest BCUT2D eigenvalue weighted by molar-refractivity contribution is -0.139. The van der Waals surface area contributed by atoms with Gasteiger partial charge in [-0.15, -0.1) is 0 Å². The largest absolute Gasteiger partial charge is 0.489 e. The van der Waals surface area contributed by atoms with Crippen LogP contribution in [0, 0.1) is 0 Å². The third-order valence-corrected chi connectivity index (χ3v) is 7.04. The van der Waals surface area contributed by atoms with Crippen molar-refractivity contribution in [3.05, 3.63) is 133 Å². The minimum absolute atomic E-state index is 0.198. The Kier molecular flexibility index (Phi) is 7.14. The maximum Gasteiger partial charge on any atom is 0.338 e. The van der Waals surface area contributed by atoms with E-state index in [-0.39, 0.29) is 12.2 Å². The third-order valence-electron chi connectivity index (χ3n) is 6.06. The molecule has 0 fully saturated rings. The number of ether oxygens (including phenoxy) is 2. The summed E-state index contributed by atoms with van der Waals surface area (Å²) in [6.07, 6.45) is 1.84. The first-order valence-corrected chi connectivity index (χ1v) is 12.9. The van der Waals surface area contributed by atoms with E-state index in [0.29, 0.717) is 27.2 Å². The molecule has 2 heterocycles. The van der Waals surface area contributed by atoms with Crippen molar-refractivity contribution in [1.82, 2.24) is 4.57 Å². The van der Waals surface area contributed by atoms with Crippen molar-refractivity contribution in [3.63, 3.8) is 0 Å². The van der Waals surface area contributed by atoms with Gasteiger partial charge in [-0.3, -0.25) is 9.36 Å². The highest BCUT2D eigenvalue weighted by Gasteiger charge is 2.33. The number of esters is 1. The molecule has 1 atom stereocenters. The number of aromatic nitrogens is 1. The van der Waals surface area contributed by atoms with E-state index in [9.17, 15) is 9.59 Å². The number of carbonyl (C=O) groups excluding carboxylic acids is 1. The number of rotatable bonds is 7. The van der Waals surface area contributed by atoms with Crippen LogP contribution in [0.4, 0.5) is 0 Å². The number of fused-ring (bicyclic) bond motifs is 1. The lowest BCUT2D eigenvalue weighted by Crippen LogP contribution is -2.39. The first-order valence-electron chi connectivity index (χ1n) is 12.1. The molecule has 0 saturated carbocycles. The molecule has 0 amide bonds. The fourth-order valence-corrected chi connectivity index (χ4v) is 5.34. The van der Waals surface area contributed by atoms with Crippen LogP contribution in [0.5, 0.6) is 5.75 Å². The lowest BCUT2D eigenvalue weighted by atomic mass is 9.96. The number of benzene rings is 3. The zero-order valence-electron chi connectivity index (χ0n) is 20.6. The highest BCUT2D eigenvalue weighted by molar-refractivity contribution is 7.07. The number of thiazole rings is 1. The van der Waals surface area contributed by atoms with Crippen molar-refractivity contribution in [3.8, 4) is 5.75 Å². The van der Waals surface area contributed by atoms with Gasteiger partial charge in [-0.05, 0) is 48.7 Å². The summed E-state index contributed by atoms with van der Waals surface area (Å²) in [6, 6.07) is 26.5. The highest BCUT2D eigenvalue weighted by Crippen LogP contribution is 2.30. The molecule has 3 aromatic carbocycles. The fraction of sp³-hybridized carbons (Fsp3) is 0.167. The molecule has 6 nitrogen and oxygen atoms in total. The van der Waals surface area contributed by atoms with Crippen LogP contribution in [0.25, 0.3) is 6.08 Å². The number of allylic oxidation sites excluding steroid dienone is 1. The Bertz CT molecular complexity index is 1620. The van der Waals surface area contributed by atoms with Gasteiger partial charge in [0.15, 0.2) is 4.80 Å². The first kappa shape index (κ1) is 24.5. The Hall–Kier alpha value is -4.23. The average Bonchev–Trinajstić information content (AvgIpc) is 3.22. The van der Waals surface area contributed by atoms with Crippen LogP contribution in [0.2, 0.25) is 0 Å². The van der Waals surface area contributed by atoms with Crippen LogP contribution in [-0.2, 0) is 16.1 Å². The van der Waals surface area contributed by atoms with Crippen molar-refractivity contribution in [2.45, 2.75) is 26.5 Å². The smallest absolute Gasteiger partial charge is 0.338 e. The van der Waals surface area contributed by atoms with Gasteiger partial charge in [0.05, 0.1) is 28.5 Å². The summed E-state index contributed by atoms with van der Waals surface area (Å²) in [7, 11) is 0. The van der Waals surface area contributed by atoms with Crippen LogP contribution in [0.3, 0.4) is 0 Å². The van der Waals surface area contributed by atoms with Crippen molar-refractivity contribution in [1.29, 1.82) is 0 Å². The number of hydrogen-bond acceptors (Lipinski definition) is 6. The Balaban J connectivity index is 1.50. The predicted octanol–water partition coefficient (Wildman–Crippen LogP) is 4.38. The maximum atomic E-state index is 13.6. The van der Waals surface area contributed by atoms with Crippen LogP contribution in [0.15, 0.2) is 106 Å². The van der Waals surface area contributed by atoms with Crippen molar-refractivity contribution < 1.29 is 14.3 Å². The molecule has 0 spiro atoms. The van der Waals surface area contributed by atoms with Crippen LogP contribution < -0.4 is 19.6 Å². The number of carbonyl (C=O) groups is 1. The second kappa shape index (κ2) is 10.8. The van der Waals surface area contributed by atoms with E-state index < -0.39 is 12.0 Å². The van der Waals surface area contributed by atoms with Gasteiger partial charge in [0, 0.05) is 0 Å². The van der Waals surface area contributed by atoms with Crippen LogP contribution >= 0.6 is 11.3 Å². The van der Waals surface area contributed by atoms with E-state index in [1.54, 1.807) is 18.4 Å². The molecule has 1 aliphatic rings. The van der Waals surface area contributed by atoms with Gasteiger partial charge in [-0.25, -0.2) is 9.79 Å². The molecule has 186 valence electrons. The number of nitrogens with zero attached hydrogens (tertiary/aromatic N) is 2. The molecule has 0 N–H and O–H groups in total. The minimum atomic E-state index is -0.604. The Morgan fingerprint density at radius 2 is 1.68 bits per heavy atom. The molecule has 1 aliphatic heterocycles. The van der Waals surface area contributed by atoms with Gasteiger partial charge in [0.1, 0.15) is 12.4 Å². The topological polar surface area (TPSA) is 69.9 Å². The van der Waals surface area contributed by atoms with E-state index in [1.807, 2.05) is 91.0 Å². The van der Waals surface area contributed by atoms with Crippen molar-refractivity contribution in [2.75, 3.05) is 6.61 Å². The first-order chi connectivity index (χ1) is 18.0. The molecular weight excluding hydrogens is 484 g/mol. The molecule has 37 heavy (non-hydrogen) atoms. The van der Waals surface area contributed by atoms with Gasteiger partial charge in [0.25, 0.3) is 5.56 Å². The third kappa shape index (κ3) is 5.17. The summed E-state index contributed by atoms with van der Waals surface area (Å²) < 4.78 is 13.3. The molecule has 4 aromatic rings. The molecule has 0 aliphatic carbocycles. The van der Waals surface area contributed by atoms with Crippen LogP contribution in [-0.4, -0.2) is 17.1 Å². The predicted molar refractivity (Wildman–Crippen MR) is 144 cm³/mol. The summed E-state index contributed by atoms with van der Waals surface area (Å²) >= 11 is 1.31. The molecule has 1 aromatic heterocycles. The Morgan fingerprint density at radius 3 is 2.35 bits per heavy atom. The van der Waals surface area contributed by atoms with Crippen LogP contribution in [0.1, 0.15) is 36.6 Å². The van der Waals surface area contributed by atoms with E-state index >= 15 is 0 Å². The lowest BCUT2D eigenvalue weighted by Gasteiger charge is -2.24. The molecule has 0 unspecified atom stereocenters. The second-order valence-electron chi connectivity index (χ2n) is 8.56. The number of hydrogen-bond donors (Lipinski definition) is 0. The molecule has 7 heteroatoms. The summed E-state index contributed by atoms with van der Waals surface area (Å²) in [6.45, 7) is 4.28. The average molecular weight is 511 g/mol. The van der Waals surface area contributed by atoms with Gasteiger partial charge in [-0.2, -0.15) is 0 Å². The van der Waals surface area contributed by atoms with Gasteiger partial charge < -0.3 is 9.47 Å². The van der Waals surface area contributed by atoms with E-state index in [4.69, 9.17) is 9.47 Å². The molecule has 0 bridgehead atoms. The highest BCUT2D eigenvalue weighted by atomic mass is 32.1. The zero-order chi connectivity index (χ0) is 25.8. The second-order valence-corrected chi connectivity index (χ2v) is 9.57. The maximum absolute atomic E-state index is 13.6. The standard InChI is InChI=1S/C30H26N2O4S/c1-3-35-29(34)26-20(2)31-30-32(27(26)23-12-8-5-9-13-23)28(33)25(37-30)18-21-14-16-24(17-15-21)36-19-22-10-6-4-7-11-22/h4-18,27H,3,19H2,1-2H3/t27-/m0/s1. The Morgan fingerprint density at radius 1 is 1.00 bits per heavy atom. The summed E-state index contributed by atoms with van der Waals surface area (Å²) in [5.41, 5.74) is 3.53. The SMILES string of the molecule is CCOC(=O)C1=C(C)N=c2sc(=Cc3ccc(OCc4ccccc4)cc3)c(=O)n2[C@H]1c1ccccc1. The van der Waals surface area contributed by atoms with Crippen molar-refractivity contribution >= 4 is 23.4 Å². The molecular formula is C30H26N2O4S. The summed E-state index contributed by atoms with van der Waals surface area (Å²) in [5.74, 6) is 0.291. The molecule has 0 saturated heterocycles. The van der Waals surface area contributed by atoms with Crippen molar-refractivity contribution in [2.24, 2.45) is 4.99 Å². The van der Waals surface area contributed by atoms with E-state index in [2.05, 4.69) is 4.99 Å². The Labute approximate surface area is 218 Å². The quantitative estimate of drug-likeness (QED) is 0.346. The summed E-state index contributed by atoms with van der Waals surface area (Å²) in [4.78, 5) is 31.7. The zero-order valence-corrected chi connectivity index (χ0v) is 21.4. The van der Waals surface area contributed by atoms with E-state index in [1.165, 1.54) is 11.3 Å². The fourth-order valence-electron chi connectivity index (χ4n) is 4.29. The summed E-state index contributed by atoms with van der Waals surface area (Å²) in [5, 5.41) is 0. The van der Waals surface area contributed by atoms with E-state index in [0.717, 1.165) is 22.4 Å². The monoisotopic (exact) mass is 510 g/mol. The molecule has 5 rings (SSSR count). The van der Waals surface area contributed by atoms with Gasteiger partial charge >= 0.3 is 5.97 Å². The normalized spacial score (nSPS) is 15.2. The van der Waals surface area contributed by atoms with Gasteiger partial charge in [-0.1, -0.05) is 84.1 Å². The minimum Gasteiger partial charge on any atom is -0.489 e.